The highest BCUT2D eigenvalue weighted by Gasteiger charge is 2.14. The maximum Gasteiger partial charge on any atom is 0.205 e. The van der Waals surface area contributed by atoms with Crippen LogP contribution in [0.15, 0.2) is 4.99 Å². The fourth-order valence-corrected chi connectivity index (χ4v) is 1.65. The Bertz CT molecular complexity index is 418. The Hall–Kier alpha value is -1.52. The number of fused-ring (bicyclic) bond motifs is 1. The number of rotatable bonds is 1. The van der Waals surface area contributed by atoms with Crippen molar-refractivity contribution >= 4 is 11.6 Å². The van der Waals surface area contributed by atoms with Crippen molar-refractivity contribution in [1.29, 1.82) is 0 Å². The van der Waals surface area contributed by atoms with Crippen molar-refractivity contribution in [2.75, 3.05) is 24.1 Å². The summed E-state index contributed by atoms with van der Waals surface area (Å²) in [7, 11) is 0. The number of nitrogens with two attached hydrogens (primary N) is 1. The van der Waals surface area contributed by atoms with Gasteiger partial charge in [-0.05, 0) is 13.8 Å². The van der Waals surface area contributed by atoms with Crippen molar-refractivity contribution in [1.82, 2.24) is 9.55 Å². The molecule has 0 amide bonds. The summed E-state index contributed by atoms with van der Waals surface area (Å²) in [4.78, 5) is 8.62. The van der Waals surface area contributed by atoms with E-state index in [2.05, 4.69) is 19.9 Å². The third kappa shape index (κ3) is 1.25. The topological polar surface area (TPSA) is 68.2 Å². The molecule has 3 N–H and O–H groups in total. The number of nitrogens with one attached hydrogen (secondary N) is 1. The fraction of sp³-hybridized carbons (Fsp3) is 0.556. The summed E-state index contributed by atoms with van der Waals surface area (Å²) in [6, 6.07) is 0. The Labute approximate surface area is 82.7 Å². The minimum atomic E-state index is 0.658. The van der Waals surface area contributed by atoms with Crippen LogP contribution in [-0.4, -0.2) is 22.6 Å². The van der Waals surface area contributed by atoms with Crippen molar-refractivity contribution < 1.29 is 0 Å². The average molecular weight is 193 g/mol. The summed E-state index contributed by atoms with van der Waals surface area (Å²) in [6.45, 7) is 6.54. The molecule has 0 saturated carbocycles. The van der Waals surface area contributed by atoms with E-state index < -0.39 is 0 Å². The molecule has 0 unspecified atom stereocenters. The molecule has 0 aliphatic carbocycles. The zero-order valence-electron chi connectivity index (χ0n) is 8.54. The number of anilines is 2. The van der Waals surface area contributed by atoms with Crippen LogP contribution < -0.4 is 16.5 Å². The molecule has 0 fully saturated rings. The minimum absolute atomic E-state index is 0.658. The summed E-state index contributed by atoms with van der Waals surface area (Å²) in [5.74, 6) is 0.879. The first kappa shape index (κ1) is 9.05. The molecule has 5 heteroatoms. The normalized spacial score (nSPS) is 15.4. The minimum Gasteiger partial charge on any atom is -0.394 e. The molecule has 0 bridgehead atoms. The molecule has 76 valence electrons. The van der Waals surface area contributed by atoms with Crippen molar-refractivity contribution in [3.05, 3.63) is 11.2 Å². The Morgan fingerprint density at radius 2 is 2.43 bits per heavy atom. The zero-order valence-corrected chi connectivity index (χ0v) is 8.54. The smallest absolute Gasteiger partial charge is 0.205 e. The van der Waals surface area contributed by atoms with Crippen LogP contribution in [0.5, 0.6) is 0 Å². The Balaban J connectivity index is 2.67. The molecule has 14 heavy (non-hydrogen) atoms. The molecule has 0 radical (unpaired) electrons. The van der Waals surface area contributed by atoms with Gasteiger partial charge in [0.1, 0.15) is 0 Å². The molecule has 0 atom stereocenters. The molecule has 0 spiro atoms. The van der Waals surface area contributed by atoms with Gasteiger partial charge in [0, 0.05) is 25.3 Å². The van der Waals surface area contributed by atoms with Crippen LogP contribution in [0.4, 0.5) is 11.6 Å². The maximum atomic E-state index is 5.94. The van der Waals surface area contributed by atoms with Gasteiger partial charge in [0.05, 0.1) is 5.69 Å². The lowest BCUT2D eigenvalue weighted by atomic mass is 10.3. The van der Waals surface area contributed by atoms with E-state index >= 15 is 0 Å². The molecule has 1 aromatic rings. The summed E-state index contributed by atoms with van der Waals surface area (Å²) in [5.41, 5.74) is 8.34. The summed E-state index contributed by atoms with van der Waals surface area (Å²) >= 11 is 0. The molecule has 1 aromatic heterocycles. The highest BCUT2D eigenvalue weighted by atomic mass is 15.3. The van der Waals surface area contributed by atoms with Gasteiger partial charge in [0.2, 0.25) is 5.95 Å². The van der Waals surface area contributed by atoms with Crippen LogP contribution >= 0.6 is 0 Å². The van der Waals surface area contributed by atoms with Crippen LogP contribution in [0.25, 0.3) is 0 Å². The lowest BCUT2D eigenvalue weighted by molar-refractivity contribution is 0.756. The van der Waals surface area contributed by atoms with Gasteiger partial charge < -0.3 is 15.6 Å². The molecular formula is C9H15N5. The summed E-state index contributed by atoms with van der Waals surface area (Å²) in [6.07, 6.45) is 0. The Morgan fingerprint density at radius 3 is 3.14 bits per heavy atom. The predicted molar refractivity (Wildman–Crippen MR) is 56.0 cm³/mol. The highest BCUT2D eigenvalue weighted by molar-refractivity contribution is 5.46. The van der Waals surface area contributed by atoms with Crippen LogP contribution in [0.3, 0.4) is 0 Å². The van der Waals surface area contributed by atoms with Crippen LogP contribution in [0.1, 0.15) is 12.6 Å². The van der Waals surface area contributed by atoms with Gasteiger partial charge in [-0.1, -0.05) is 0 Å². The van der Waals surface area contributed by atoms with Crippen molar-refractivity contribution in [3.8, 4) is 0 Å². The first-order valence-electron chi connectivity index (χ1n) is 4.85. The Kier molecular flexibility index (Phi) is 2.15. The van der Waals surface area contributed by atoms with Gasteiger partial charge in [0.25, 0.3) is 0 Å². The molecular weight excluding hydrogens is 178 g/mol. The highest BCUT2D eigenvalue weighted by Crippen LogP contribution is 2.14. The van der Waals surface area contributed by atoms with E-state index in [-0.39, 0.29) is 0 Å². The van der Waals surface area contributed by atoms with E-state index in [4.69, 9.17) is 5.73 Å². The lowest BCUT2D eigenvalue weighted by Gasteiger charge is -2.09. The molecule has 2 rings (SSSR count). The van der Waals surface area contributed by atoms with Crippen molar-refractivity contribution in [2.24, 2.45) is 4.99 Å². The van der Waals surface area contributed by atoms with Gasteiger partial charge in [0.15, 0.2) is 5.49 Å². The lowest BCUT2D eigenvalue weighted by Crippen LogP contribution is -2.20. The number of nitrogens with zero attached hydrogens (tertiary/aromatic N) is 3. The molecule has 1 aliphatic rings. The van der Waals surface area contributed by atoms with Crippen LogP contribution in [0, 0.1) is 6.92 Å². The van der Waals surface area contributed by atoms with E-state index in [1.165, 1.54) is 0 Å². The average Bonchev–Trinajstić information content (AvgIpc) is 2.62. The predicted octanol–water partition coefficient (Wildman–Crippen LogP) is 0.120. The van der Waals surface area contributed by atoms with Crippen molar-refractivity contribution in [3.63, 3.8) is 0 Å². The maximum absolute atomic E-state index is 5.94. The van der Waals surface area contributed by atoms with E-state index in [1.54, 1.807) is 0 Å². The summed E-state index contributed by atoms with van der Waals surface area (Å²) < 4.78 is 2.09. The Morgan fingerprint density at radius 1 is 1.64 bits per heavy atom. The molecule has 0 aromatic carbocycles. The van der Waals surface area contributed by atoms with Gasteiger partial charge >= 0.3 is 0 Å². The zero-order chi connectivity index (χ0) is 10.1. The molecule has 0 saturated heterocycles. The van der Waals surface area contributed by atoms with E-state index in [0.717, 1.165) is 24.7 Å². The largest absolute Gasteiger partial charge is 0.394 e. The van der Waals surface area contributed by atoms with Gasteiger partial charge in [-0.2, -0.15) is 4.98 Å². The SMILES string of the molecule is CCN=c1nc2n(c(C)c1N)CCN2. The number of hydrogen-bond donors (Lipinski definition) is 2. The monoisotopic (exact) mass is 193 g/mol. The van der Waals surface area contributed by atoms with E-state index in [0.29, 0.717) is 17.7 Å². The van der Waals surface area contributed by atoms with Crippen LogP contribution in [-0.2, 0) is 6.54 Å². The van der Waals surface area contributed by atoms with Crippen LogP contribution in [0.2, 0.25) is 0 Å². The number of nitrogen functional groups attached to an aromatic ring is 1. The standard InChI is InChI=1S/C9H15N5/c1-3-11-8-7(10)6(2)14-5-4-12-9(14)13-8/h3-5,10H2,1-2H3,(H,11,12,13). The second-order valence-electron chi connectivity index (χ2n) is 3.31. The third-order valence-corrected chi connectivity index (χ3v) is 2.43. The quantitative estimate of drug-likeness (QED) is 0.665. The first-order valence-corrected chi connectivity index (χ1v) is 4.85. The van der Waals surface area contributed by atoms with Gasteiger partial charge in [-0.3, -0.25) is 4.99 Å². The molecule has 5 nitrogen and oxygen atoms in total. The number of aromatic nitrogens is 2. The fourth-order valence-electron chi connectivity index (χ4n) is 1.65. The second-order valence-corrected chi connectivity index (χ2v) is 3.31. The van der Waals surface area contributed by atoms with Gasteiger partial charge in [-0.25, -0.2) is 0 Å². The third-order valence-electron chi connectivity index (χ3n) is 2.43. The second kappa shape index (κ2) is 3.32. The van der Waals surface area contributed by atoms with E-state index in [1.807, 2.05) is 13.8 Å². The number of hydrogen-bond acceptors (Lipinski definition) is 4. The first-order chi connectivity index (χ1) is 6.74. The van der Waals surface area contributed by atoms with Gasteiger partial charge in [-0.15, -0.1) is 0 Å². The molecule has 1 aliphatic heterocycles. The molecule has 2 heterocycles. The van der Waals surface area contributed by atoms with E-state index in [9.17, 15) is 0 Å². The van der Waals surface area contributed by atoms with Crippen molar-refractivity contribution in [2.45, 2.75) is 20.4 Å². The summed E-state index contributed by atoms with van der Waals surface area (Å²) in [5, 5.41) is 3.20.